The largest absolute Gasteiger partial charge is 0.506 e. The fourth-order valence-corrected chi connectivity index (χ4v) is 1.13. The third kappa shape index (κ3) is 4.16. The van der Waals surface area contributed by atoms with Gasteiger partial charge in [-0.2, -0.15) is 5.11 Å². The van der Waals surface area contributed by atoms with Gasteiger partial charge in [-0.05, 0) is 18.6 Å². The zero-order valence-electron chi connectivity index (χ0n) is 8.57. The van der Waals surface area contributed by atoms with Crippen molar-refractivity contribution in [3.05, 3.63) is 23.2 Å². The lowest BCUT2D eigenvalue weighted by atomic mass is 10.3. The van der Waals surface area contributed by atoms with E-state index in [2.05, 4.69) is 22.7 Å². The highest BCUT2D eigenvalue weighted by Gasteiger charge is 1.99. The summed E-state index contributed by atoms with van der Waals surface area (Å²) in [6.07, 6.45) is 2.10. The molecule has 2 N–H and O–H groups in total. The number of aromatic hydroxyl groups is 1. The Kier molecular flexibility index (Phi) is 4.90. The van der Waals surface area contributed by atoms with Gasteiger partial charge in [-0.15, -0.1) is 0 Å². The molecule has 0 bridgehead atoms. The van der Waals surface area contributed by atoms with Gasteiger partial charge in [0.2, 0.25) is 0 Å². The van der Waals surface area contributed by atoms with E-state index in [1.54, 1.807) is 12.1 Å². The van der Waals surface area contributed by atoms with E-state index >= 15 is 0 Å². The maximum Gasteiger partial charge on any atom is 0.142 e. The van der Waals surface area contributed by atoms with E-state index in [0.717, 1.165) is 12.8 Å². The Morgan fingerprint density at radius 3 is 2.93 bits per heavy atom. The van der Waals surface area contributed by atoms with Gasteiger partial charge >= 0.3 is 0 Å². The van der Waals surface area contributed by atoms with Crippen molar-refractivity contribution in [2.24, 2.45) is 10.3 Å². The van der Waals surface area contributed by atoms with Crippen LogP contribution in [-0.4, -0.2) is 11.7 Å². The van der Waals surface area contributed by atoms with Crippen LogP contribution in [0.5, 0.6) is 5.75 Å². The second-order valence-corrected chi connectivity index (χ2v) is 3.53. The summed E-state index contributed by atoms with van der Waals surface area (Å²) in [5.74, 6) is 0.0666. The molecule has 0 atom stereocenters. The minimum Gasteiger partial charge on any atom is -0.506 e. The number of unbranched alkanes of at least 4 members (excludes halogenated alkanes) is 1. The first-order chi connectivity index (χ1) is 7.24. The summed E-state index contributed by atoms with van der Waals surface area (Å²) in [6, 6.07) is 4.77. The third-order valence-electron chi connectivity index (χ3n) is 1.81. The monoisotopic (exact) mass is 227 g/mol. The zero-order chi connectivity index (χ0) is 11.1. The summed E-state index contributed by atoms with van der Waals surface area (Å²) >= 11 is 5.68. The van der Waals surface area contributed by atoms with Gasteiger partial charge in [0.1, 0.15) is 5.75 Å². The maximum atomic E-state index is 9.45. The molecular weight excluding hydrogens is 214 g/mol. The Morgan fingerprint density at radius 1 is 1.47 bits per heavy atom. The molecule has 5 heteroatoms. The molecule has 82 valence electrons. The predicted molar refractivity (Wildman–Crippen MR) is 61.4 cm³/mol. The Morgan fingerprint density at radius 2 is 2.27 bits per heavy atom. The summed E-state index contributed by atoms with van der Waals surface area (Å²) in [6.45, 7) is 2.78. The Bertz CT molecular complexity index is 341. The molecule has 0 aromatic heterocycles. The van der Waals surface area contributed by atoms with Gasteiger partial charge in [-0.1, -0.05) is 30.2 Å². The van der Waals surface area contributed by atoms with Crippen LogP contribution in [0.25, 0.3) is 0 Å². The van der Waals surface area contributed by atoms with Crippen LogP contribution in [0, 0.1) is 0 Å². The van der Waals surface area contributed by atoms with Crippen LogP contribution in [0.1, 0.15) is 19.8 Å². The molecule has 0 unspecified atom stereocenters. The molecule has 0 aliphatic carbocycles. The van der Waals surface area contributed by atoms with Gasteiger partial charge in [0, 0.05) is 11.1 Å². The lowest BCUT2D eigenvalue weighted by Crippen LogP contribution is -1.88. The minimum absolute atomic E-state index is 0.0666. The third-order valence-corrected chi connectivity index (χ3v) is 2.05. The first-order valence-electron chi connectivity index (χ1n) is 4.85. The van der Waals surface area contributed by atoms with Crippen LogP contribution < -0.4 is 5.43 Å². The predicted octanol–water partition coefficient (Wildman–Crippen LogP) is 3.62. The lowest BCUT2D eigenvalue weighted by Gasteiger charge is -2.02. The first kappa shape index (κ1) is 11.8. The van der Waals surface area contributed by atoms with Gasteiger partial charge in [0.15, 0.2) is 0 Å². The van der Waals surface area contributed by atoms with Gasteiger partial charge in [0.25, 0.3) is 0 Å². The van der Waals surface area contributed by atoms with Crippen LogP contribution in [-0.2, 0) is 0 Å². The summed E-state index contributed by atoms with van der Waals surface area (Å²) in [5.41, 5.74) is 3.15. The fraction of sp³-hybridized carbons (Fsp3) is 0.400. The van der Waals surface area contributed by atoms with E-state index in [1.165, 1.54) is 6.07 Å². The smallest absolute Gasteiger partial charge is 0.142 e. The summed E-state index contributed by atoms with van der Waals surface area (Å²) in [5, 5.41) is 17.6. The molecule has 1 aromatic carbocycles. The topological polar surface area (TPSA) is 57.0 Å². The molecule has 0 radical (unpaired) electrons. The van der Waals surface area contributed by atoms with Crippen LogP contribution in [0.3, 0.4) is 0 Å². The molecule has 0 saturated heterocycles. The number of nitrogens with zero attached hydrogens (tertiary/aromatic N) is 2. The van der Waals surface area contributed by atoms with Crippen LogP contribution in [0.4, 0.5) is 5.69 Å². The molecule has 1 rings (SSSR count). The number of benzene rings is 1. The summed E-state index contributed by atoms with van der Waals surface area (Å²) in [4.78, 5) is 0. The highest BCUT2D eigenvalue weighted by molar-refractivity contribution is 6.30. The minimum atomic E-state index is 0.0666. The Hall–Kier alpha value is -1.29. The maximum absolute atomic E-state index is 9.45. The molecule has 0 aliphatic heterocycles. The van der Waals surface area contributed by atoms with Gasteiger partial charge in [-0.25, -0.2) is 0 Å². The van der Waals surface area contributed by atoms with E-state index in [-0.39, 0.29) is 5.75 Å². The standard InChI is InChI=1S/C10H14ClN3O/c1-2-3-6-12-14-13-9-5-4-8(11)7-10(9)15/h4-5,7,15H,2-3,6H2,1H3,(H,12,13). The van der Waals surface area contributed by atoms with E-state index in [9.17, 15) is 5.11 Å². The second kappa shape index (κ2) is 6.24. The molecule has 0 aliphatic rings. The van der Waals surface area contributed by atoms with Crippen molar-refractivity contribution in [3.8, 4) is 5.75 Å². The number of nitrogens with one attached hydrogen (secondary N) is 1. The van der Waals surface area contributed by atoms with Crippen LogP contribution in [0.15, 0.2) is 28.5 Å². The number of rotatable bonds is 5. The lowest BCUT2D eigenvalue weighted by molar-refractivity contribution is 0.477. The molecule has 4 nitrogen and oxygen atoms in total. The molecule has 1 aromatic rings. The first-order valence-corrected chi connectivity index (χ1v) is 5.23. The van der Waals surface area contributed by atoms with Crippen molar-refractivity contribution in [2.75, 3.05) is 12.0 Å². The summed E-state index contributed by atoms with van der Waals surface area (Å²) < 4.78 is 0. The molecule has 0 amide bonds. The molecule has 0 heterocycles. The zero-order valence-corrected chi connectivity index (χ0v) is 9.33. The van der Waals surface area contributed by atoms with Crippen molar-refractivity contribution < 1.29 is 5.11 Å². The van der Waals surface area contributed by atoms with Crippen LogP contribution in [0.2, 0.25) is 5.02 Å². The molecule has 15 heavy (non-hydrogen) atoms. The van der Waals surface area contributed by atoms with E-state index in [0.29, 0.717) is 17.3 Å². The fourth-order valence-electron chi connectivity index (χ4n) is 0.967. The van der Waals surface area contributed by atoms with E-state index < -0.39 is 0 Å². The van der Waals surface area contributed by atoms with Crippen LogP contribution >= 0.6 is 11.6 Å². The number of anilines is 1. The Balaban J connectivity index is 2.47. The molecule has 0 spiro atoms. The van der Waals surface area contributed by atoms with E-state index in [1.807, 2.05) is 0 Å². The second-order valence-electron chi connectivity index (χ2n) is 3.09. The van der Waals surface area contributed by atoms with Gasteiger partial charge in [0.05, 0.1) is 12.2 Å². The average Bonchev–Trinajstić information content (AvgIpc) is 2.20. The van der Waals surface area contributed by atoms with Crippen molar-refractivity contribution in [2.45, 2.75) is 19.8 Å². The number of halogens is 1. The van der Waals surface area contributed by atoms with E-state index in [4.69, 9.17) is 11.6 Å². The number of phenolic OH excluding ortho intramolecular Hbond substituents is 1. The highest BCUT2D eigenvalue weighted by atomic mass is 35.5. The normalized spacial score (nSPS) is 10.8. The Labute approximate surface area is 94.0 Å². The quantitative estimate of drug-likeness (QED) is 0.349. The number of phenols is 1. The number of hydrogen-bond donors (Lipinski definition) is 2. The van der Waals surface area contributed by atoms with Crippen molar-refractivity contribution in [1.82, 2.24) is 0 Å². The van der Waals surface area contributed by atoms with Crippen molar-refractivity contribution >= 4 is 17.3 Å². The average molecular weight is 228 g/mol. The molecule has 0 fully saturated rings. The van der Waals surface area contributed by atoms with Gasteiger partial charge < -0.3 is 5.11 Å². The number of hydrogen-bond acceptors (Lipinski definition) is 3. The molecule has 0 saturated carbocycles. The molecular formula is C10H14ClN3O. The van der Waals surface area contributed by atoms with Crippen molar-refractivity contribution in [1.29, 1.82) is 0 Å². The summed E-state index contributed by atoms with van der Waals surface area (Å²) in [7, 11) is 0. The van der Waals surface area contributed by atoms with Crippen molar-refractivity contribution in [3.63, 3.8) is 0 Å². The van der Waals surface area contributed by atoms with Gasteiger partial charge in [-0.3, -0.25) is 5.43 Å². The highest BCUT2D eigenvalue weighted by Crippen LogP contribution is 2.26. The SMILES string of the molecule is CCCCN=NNc1ccc(Cl)cc1O.